The summed E-state index contributed by atoms with van der Waals surface area (Å²) in [5.74, 6) is -0.548. The van der Waals surface area contributed by atoms with Crippen molar-refractivity contribution in [2.75, 3.05) is 19.8 Å². The summed E-state index contributed by atoms with van der Waals surface area (Å²) in [5.41, 5.74) is -0.297. The molecule has 1 N–H and O–H groups in total. The molecule has 8 heteroatoms. The van der Waals surface area contributed by atoms with Gasteiger partial charge >= 0.3 is 5.97 Å². The highest BCUT2D eigenvalue weighted by Gasteiger charge is 2.57. The van der Waals surface area contributed by atoms with Crippen molar-refractivity contribution in [3.05, 3.63) is 59.9 Å². The zero-order chi connectivity index (χ0) is 24.6. The highest BCUT2D eigenvalue weighted by Crippen LogP contribution is 2.55. The summed E-state index contributed by atoms with van der Waals surface area (Å²) in [4.78, 5) is 26.5. The monoisotopic (exact) mass is 483 g/mol. The maximum Gasteiger partial charge on any atom is 0.303 e. The summed E-state index contributed by atoms with van der Waals surface area (Å²) in [6.07, 6.45) is 2.38. The van der Waals surface area contributed by atoms with E-state index in [1.807, 2.05) is 36.1 Å². The first-order chi connectivity index (χ1) is 16.8. The van der Waals surface area contributed by atoms with Crippen LogP contribution >= 0.6 is 0 Å². The maximum atomic E-state index is 13.5. The first kappa shape index (κ1) is 23.6. The number of amides is 1. The fourth-order valence-corrected chi connectivity index (χ4v) is 5.98. The molecule has 3 aliphatic heterocycles. The van der Waals surface area contributed by atoms with Crippen molar-refractivity contribution in [2.45, 2.75) is 56.3 Å². The fraction of sp³-hybridized carbons (Fsp3) is 0.481. The van der Waals surface area contributed by atoms with Crippen LogP contribution in [0.2, 0.25) is 0 Å². The van der Waals surface area contributed by atoms with E-state index in [-0.39, 0.29) is 31.0 Å². The molecule has 0 saturated carbocycles. The molecule has 2 aromatic rings. The molecule has 0 aromatic heterocycles. The van der Waals surface area contributed by atoms with E-state index in [1.165, 1.54) is 12.1 Å². The minimum absolute atomic E-state index is 0.0149. The van der Waals surface area contributed by atoms with E-state index in [1.54, 1.807) is 12.1 Å². The minimum Gasteiger partial charge on any atom is -0.487 e. The van der Waals surface area contributed by atoms with E-state index in [4.69, 9.17) is 14.2 Å². The molecule has 3 aliphatic rings. The number of likely N-dealkylation sites (tertiary alicyclic amines) is 1. The van der Waals surface area contributed by atoms with Crippen LogP contribution in [0.5, 0.6) is 11.5 Å². The number of halogens is 1. The molecule has 7 nitrogen and oxygen atoms in total. The Kier molecular flexibility index (Phi) is 6.17. The number of carboxylic acid groups (broad SMARTS) is 1. The smallest absolute Gasteiger partial charge is 0.303 e. The molecule has 2 fully saturated rings. The topological polar surface area (TPSA) is 85.3 Å². The molecule has 3 heterocycles. The Hall–Kier alpha value is -3.13. The maximum absolute atomic E-state index is 13.5. The zero-order valence-electron chi connectivity index (χ0n) is 19.7. The number of carboxylic acids is 1. The number of benzene rings is 2. The Morgan fingerprint density at radius 2 is 2.06 bits per heavy atom. The highest BCUT2D eigenvalue weighted by atomic mass is 19.1. The molecule has 0 unspecified atom stereocenters. The van der Waals surface area contributed by atoms with Gasteiger partial charge in [0.15, 0.2) is 6.61 Å². The minimum atomic E-state index is -0.871. The number of ether oxygens (including phenoxy) is 3. The second kappa shape index (κ2) is 9.15. The van der Waals surface area contributed by atoms with Crippen molar-refractivity contribution < 1.29 is 33.3 Å². The van der Waals surface area contributed by atoms with Gasteiger partial charge in [0.2, 0.25) is 0 Å². The van der Waals surface area contributed by atoms with Crippen LogP contribution in [0.1, 0.15) is 50.7 Å². The summed E-state index contributed by atoms with van der Waals surface area (Å²) in [6, 6.07) is 13.5. The van der Waals surface area contributed by atoms with Crippen LogP contribution in [0.4, 0.5) is 4.39 Å². The Morgan fingerprint density at radius 3 is 2.86 bits per heavy atom. The van der Waals surface area contributed by atoms with Crippen molar-refractivity contribution >= 4 is 11.9 Å². The molecular formula is C27H30FNO6. The molecule has 35 heavy (non-hydrogen) atoms. The Balaban J connectivity index is 1.38. The van der Waals surface area contributed by atoms with Crippen LogP contribution in [0.15, 0.2) is 48.5 Å². The lowest BCUT2D eigenvalue weighted by Gasteiger charge is -2.54. The highest BCUT2D eigenvalue weighted by molar-refractivity contribution is 5.79. The van der Waals surface area contributed by atoms with Crippen molar-refractivity contribution in [3.8, 4) is 11.5 Å². The van der Waals surface area contributed by atoms with Gasteiger partial charge in [0, 0.05) is 30.5 Å². The predicted molar refractivity (Wildman–Crippen MR) is 125 cm³/mol. The van der Waals surface area contributed by atoms with Crippen LogP contribution < -0.4 is 9.47 Å². The van der Waals surface area contributed by atoms with Gasteiger partial charge in [-0.15, -0.1) is 0 Å². The number of carbonyl (C=O) groups excluding carboxylic acids is 1. The number of rotatable bonds is 6. The van der Waals surface area contributed by atoms with E-state index < -0.39 is 22.9 Å². The standard InChI is InChI=1S/C27H30FNO6/c1-26(12-10-24(31)32)21-15-27(17-34-25(21)20-8-2-3-9-22(20)35-26)11-5-13-29(27)23(30)16-33-19-7-4-6-18(28)14-19/h2-4,6-9,14,21,25H,5,10-13,15-17H2,1H3,(H,31,32)/t21-,25+,26+,27+/m1/s1. The van der Waals surface area contributed by atoms with E-state index in [9.17, 15) is 19.1 Å². The van der Waals surface area contributed by atoms with Crippen molar-refractivity contribution in [1.29, 1.82) is 0 Å². The number of aliphatic carboxylic acids is 1. The predicted octanol–water partition coefficient (Wildman–Crippen LogP) is 4.36. The first-order valence-electron chi connectivity index (χ1n) is 12.1. The fourth-order valence-electron chi connectivity index (χ4n) is 5.98. The van der Waals surface area contributed by atoms with Gasteiger partial charge in [0.25, 0.3) is 5.91 Å². The third kappa shape index (κ3) is 4.47. The largest absolute Gasteiger partial charge is 0.487 e. The average Bonchev–Trinajstić information content (AvgIpc) is 3.24. The third-order valence-corrected chi connectivity index (χ3v) is 7.74. The lowest BCUT2D eigenvalue weighted by atomic mass is 9.68. The van der Waals surface area contributed by atoms with Crippen molar-refractivity contribution in [2.24, 2.45) is 5.92 Å². The van der Waals surface area contributed by atoms with Crippen molar-refractivity contribution in [3.63, 3.8) is 0 Å². The van der Waals surface area contributed by atoms with E-state index in [0.717, 1.165) is 24.2 Å². The van der Waals surface area contributed by atoms with E-state index >= 15 is 0 Å². The quantitative estimate of drug-likeness (QED) is 0.657. The summed E-state index contributed by atoms with van der Waals surface area (Å²) >= 11 is 0. The normalized spacial score (nSPS) is 29.3. The van der Waals surface area contributed by atoms with Crippen molar-refractivity contribution in [1.82, 2.24) is 4.90 Å². The molecule has 2 aromatic carbocycles. The lowest BCUT2D eigenvalue weighted by Crippen LogP contribution is -2.61. The molecule has 0 bridgehead atoms. The first-order valence-corrected chi connectivity index (χ1v) is 12.1. The molecular weight excluding hydrogens is 453 g/mol. The number of fused-ring (bicyclic) bond motifs is 3. The Labute approximate surface area is 203 Å². The summed E-state index contributed by atoms with van der Waals surface area (Å²) in [6.45, 7) is 2.76. The SMILES string of the molecule is C[C@@]1(CCC(=O)O)Oc2ccccc2[C@@H]2OC[C@]3(CCCN3C(=O)COc3cccc(F)c3)C[C@H]21. The van der Waals surface area contributed by atoms with Gasteiger partial charge in [0.05, 0.1) is 18.2 Å². The zero-order valence-corrected chi connectivity index (χ0v) is 19.7. The summed E-state index contributed by atoms with van der Waals surface area (Å²) in [5, 5.41) is 9.36. The van der Waals surface area contributed by atoms with Crippen LogP contribution in [0.25, 0.3) is 0 Å². The van der Waals surface area contributed by atoms with Crippen LogP contribution in [0.3, 0.4) is 0 Å². The molecule has 4 atom stereocenters. The van der Waals surface area contributed by atoms with Crippen LogP contribution in [0, 0.1) is 11.7 Å². The number of hydrogen-bond acceptors (Lipinski definition) is 5. The van der Waals surface area contributed by atoms with Gasteiger partial charge in [-0.1, -0.05) is 24.3 Å². The van der Waals surface area contributed by atoms with Gasteiger partial charge in [-0.25, -0.2) is 4.39 Å². The molecule has 1 amide bonds. The second-order valence-electron chi connectivity index (χ2n) is 10.0. The Bertz CT molecular complexity index is 1120. The van der Waals surface area contributed by atoms with Gasteiger partial charge < -0.3 is 24.2 Å². The summed E-state index contributed by atoms with van der Waals surface area (Å²) < 4.78 is 32.0. The summed E-state index contributed by atoms with van der Waals surface area (Å²) in [7, 11) is 0. The van der Waals surface area contributed by atoms with E-state index in [2.05, 4.69) is 0 Å². The Morgan fingerprint density at radius 1 is 1.23 bits per heavy atom. The number of carbonyl (C=O) groups is 2. The molecule has 0 aliphatic carbocycles. The van der Waals surface area contributed by atoms with Gasteiger partial charge in [0.1, 0.15) is 22.9 Å². The molecule has 5 rings (SSSR count). The second-order valence-corrected chi connectivity index (χ2v) is 10.0. The van der Waals surface area contributed by atoms with Gasteiger partial charge in [-0.3, -0.25) is 9.59 Å². The van der Waals surface area contributed by atoms with Crippen LogP contribution in [-0.4, -0.2) is 52.8 Å². The number of hydrogen-bond donors (Lipinski definition) is 1. The molecule has 186 valence electrons. The average molecular weight is 484 g/mol. The molecule has 2 saturated heterocycles. The third-order valence-electron chi connectivity index (χ3n) is 7.74. The molecule has 0 radical (unpaired) electrons. The van der Waals surface area contributed by atoms with Gasteiger partial charge in [-0.2, -0.15) is 0 Å². The molecule has 1 spiro atoms. The lowest BCUT2D eigenvalue weighted by molar-refractivity contribution is -0.180. The van der Waals surface area contributed by atoms with E-state index in [0.29, 0.717) is 31.7 Å². The van der Waals surface area contributed by atoms with Crippen LogP contribution in [-0.2, 0) is 14.3 Å². The number of nitrogens with zero attached hydrogens (tertiary/aromatic N) is 1. The number of para-hydroxylation sites is 1. The van der Waals surface area contributed by atoms with Gasteiger partial charge in [-0.05, 0) is 50.8 Å².